The monoisotopic (exact) mass is 439 g/mol. The molecule has 2 aromatic heterocycles. The first-order chi connectivity index (χ1) is 15.3. The van der Waals surface area contributed by atoms with Crippen molar-refractivity contribution in [2.24, 2.45) is 0 Å². The largest absolute Gasteiger partial charge is 0.376 e. The molecule has 2 saturated heterocycles. The van der Waals surface area contributed by atoms with Gasteiger partial charge in [0.05, 0.1) is 27.4 Å². The lowest BCUT2D eigenvalue weighted by Crippen LogP contribution is -2.26. The van der Waals surface area contributed by atoms with Gasteiger partial charge in [-0.25, -0.2) is 19.3 Å². The van der Waals surface area contributed by atoms with Crippen molar-refractivity contribution in [1.29, 1.82) is 0 Å². The molecule has 6 nitrogen and oxygen atoms in total. The molecule has 2 aliphatic heterocycles. The molecule has 5 rings (SSSR count). The number of thiazole rings is 1. The summed E-state index contributed by atoms with van der Waals surface area (Å²) in [5.41, 5.74) is 2.60. The number of nitrogens with one attached hydrogen (secondary N) is 2. The molecule has 8 heteroatoms. The number of hydrogen-bond acceptors (Lipinski definition) is 7. The zero-order valence-corrected chi connectivity index (χ0v) is 18.1. The van der Waals surface area contributed by atoms with Gasteiger partial charge in [-0.3, -0.25) is 0 Å². The Balaban J connectivity index is 1.47. The fourth-order valence-corrected chi connectivity index (χ4v) is 5.36. The summed E-state index contributed by atoms with van der Waals surface area (Å²) >= 11 is 1.69. The lowest BCUT2D eigenvalue weighted by molar-refractivity contribution is 0.120. The zero-order valence-electron chi connectivity index (χ0n) is 17.3. The van der Waals surface area contributed by atoms with E-state index < -0.39 is 0 Å². The predicted octanol–water partition coefficient (Wildman–Crippen LogP) is 4.46. The first kappa shape index (κ1) is 20.5. The summed E-state index contributed by atoms with van der Waals surface area (Å²) in [5, 5.41) is 7.86. The number of hydrogen-bond donors (Lipinski definition) is 2. The van der Waals surface area contributed by atoms with Crippen LogP contribution in [0.4, 0.5) is 10.3 Å². The van der Waals surface area contributed by atoms with Gasteiger partial charge in [-0.1, -0.05) is 0 Å². The molecule has 31 heavy (non-hydrogen) atoms. The molecule has 0 saturated carbocycles. The number of rotatable bonds is 6. The third kappa shape index (κ3) is 4.76. The molecule has 0 aliphatic carbocycles. The Morgan fingerprint density at radius 3 is 2.71 bits per heavy atom. The smallest absolute Gasteiger partial charge is 0.223 e. The van der Waals surface area contributed by atoms with E-state index >= 15 is 0 Å². The van der Waals surface area contributed by atoms with Crippen LogP contribution in [0.25, 0.3) is 21.8 Å². The molecule has 162 valence electrons. The molecule has 1 atom stereocenters. The summed E-state index contributed by atoms with van der Waals surface area (Å²) in [4.78, 5) is 15.2. The summed E-state index contributed by atoms with van der Waals surface area (Å²) in [6.07, 6.45) is 6.32. The van der Waals surface area contributed by atoms with Gasteiger partial charge in [0, 0.05) is 30.8 Å². The van der Waals surface area contributed by atoms with Gasteiger partial charge < -0.3 is 15.4 Å². The minimum atomic E-state index is -0.248. The first-order valence-electron chi connectivity index (χ1n) is 10.9. The van der Waals surface area contributed by atoms with Crippen molar-refractivity contribution >= 4 is 17.3 Å². The number of aromatic nitrogens is 3. The van der Waals surface area contributed by atoms with E-state index in [1.807, 2.05) is 6.07 Å². The maximum absolute atomic E-state index is 13.5. The number of halogens is 1. The summed E-state index contributed by atoms with van der Waals surface area (Å²) in [6, 6.07) is 8.47. The lowest BCUT2D eigenvalue weighted by atomic mass is 9.99. The molecule has 0 bridgehead atoms. The van der Waals surface area contributed by atoms with Gasteiger partial charge in [0.2, 0.25) is 5.95 Å². The zero-order chi connectivity index (χ0) is 21.0. The summed E-state index contributed by atoms with van der Waals surface area (Å²) < 4.78 is 19.2. The number of benzene rings is 1. The summed E-state index contributed by atoms with van der Waals surface area (Å²) in [6.45, 7) is 3.55. The van der Waals surface area contributed by atoms with Crippen LogP contribution in [0.2, 0.25) is 0 Å². The highest BCUT2D eigenvalue weighted by molar-refractivity contribution is 7.15. The Labute approximate surface area is 185 Å². The topological polar surface area (TPSA) is 72.0 Å². The van der Waals surface area contributed by atoms with Crippen molar-refractivity contribution in [1.82, 2.24) is 20.3 Å². The minimum absolute atomic E-state index is 0.219. The van der Waals surface area contributed by atoms with Gasteiger partial charge in [0.1, 0.15) is 5.82 Å². The molecule has 2 aliphatic rings. The van der Waals surface area contributed by atoms with E-state index in [1.165, 1.54) is 12.1 Å². The molecular weight excluding hydrogens is 413 g/mol. The van der Waals surface area contributed by atoms with Crippen LogP contribution in [0.1, 0.15) is 36.6 Å². The molecule has 4 heterocycles. The SMILES string of the molecule is Fc1ccc(-c2nc(C3CCNCC3)sc2-c2ccnc(NCC3CCCO3)n2)cc1. The molecular formula is C23H26FN5OS. The van der Waals surface area contributed by atoms with Crippen molar-refractivity contribution in [2.75, 3.05) is 31.6 Å². The Bertz CT molecular complexity index is 1010. The van der Waals surface area contributed by atoms with Crippen LogP contribution in [0.5, 0.6) is 0 Å². The summed E-state index contributed by atoms with van der Waals surface area (Å²) in [5.74, 6) is 0.787. The van der Waals surface area contributed by atoms with Gasteiger partial charge in [-0.2, -0.15) is 0 Å². The predicted molar refractivity (Wildman–Crippen MR) is 121 cm³/mol. The Kier molecular flexibility index (Phi) is 6.20. The molecule has 0 amide bonds. The second-order valence-electron chi connectivity index (χ2n) is 8.04. The van der Waals surface area contributed by atoms with Gasteiger partial charge in [0.15, 0.2) is 0 Å². The van der Waals surface area contributed by atoms with Gasteiger partial charge in [-0.05, 0) is 69.1 Å². The molecule has 1 aromatic carbocycles. The number of nitrogens with zero attached hydrogens (tertiary/aromatic N) is 3. The van der Waals surface area contributed by atoms with Crippen LogP contribution in [-0.4, -0.2) is 47.3 Å². The minimum Gasteiger partial charge on any atom is -0.376 e. The van der Waals surface area contributed by atoms with Gasteiger partial charge in [-0.15, -0.1) is 11.3 Å². The van der Waals surface area contributed by atoms with E-state index in [0.29, 0.717) is 18.4 Å². The highest BCUT2D eigenvalue weighted by Gasteiger charge is 2.23. The maximum Gasteiger partial charge on any atom is 0.223 e. The number of anilines is 1. The van der Waals surface area contributed by atoms with Crippen molar-refractivity contribution in [3.05, 3.63) is 47.4 Å². The van der Waals surface area contributed by atoms with E-state index in [4.69, 9.17) is 14.7 Å². The van der Waals surface area contributed by atoms with Crippen molar-refractivity contribution in [2.45, 2.75) is 37.7 Å². The van der Waals surface area contributed by atoms with E-state index in [-0.39, 0.29) is 11.9 Å². The summed E-state index contributed by atoms with van der Waals surface area (Å²) in [7, 11) is 0. The Hall–Kier alpha value is -2.42. The van der Waals surface area contributed by atoms with Gasteiger partial charge >= 0.3 is 0 Å². The Morgan fingerprint density at radius 2 is 1.94 bits per heavy atom. The molecule has 2 fully saturated rings. The highest BCUT2D eigenvalue weighted by Crippen LogP contribution is 2.40. The van der Waals surface area contributed by atoms with Crippen LogP contribution in [-0.2, 0) is 4.74 Å². The van der Waals surface area contributed by atoms with Crippen LogP contribution < -0.4 is 10.6 Å². The second-order valence-corrected chi connectivity index (χ2v) is 9.07. The van der Waals surface area contributed by atoms with E-state index in [0.717, 1.165) is 72.2 Å². The number of piperidine rings is 1. The van der Waals surface area contributed by atoms with Crippen LogP contribution in [0.15, 0.2) is 36.5 Å². The Morgan fingerprint density at radius 1 is 1.10 bits per heavy atom. The molecule has 0 radical (unpaired) electrons. The van der Waals surface area contributed by atoms with E-state index in [1.54, 1.807) is 29.7 Å². The molecule has 3 aromatic rings. The highest BCUT2D eigenvalue weighted by atomic mass is 32.1. The third-order valence-corrected chi connectivity index (χ3v) is 7.09. The van der Waals surface area contributed by atoms with Gasteiger partial charge in [0.25, 0.3) is 0 Å². The maximum atomic E-state index is 13.5. The van der Waals surface area contributed by atoms with Crippen LogP contribution in [0, 0.1) is 5.82 Å². The van der Waals surface area contributed by atoms with Crippen molar-refractivity contribution in [3.8, 4) is 21.8 Å². The van der Waals surface area contributed by atoms with Crippen molar-refractivity contribution in [3.63, 3.8) is 0 Å². The molecule has 1 unspecified atom stereocenters. The number of ether oxygens (including phenoxy) is 1. The van der Waals surface area contributed by atoms with Crippen LogP contribution in [0.3, 0.4) is 0 Å². The second kappa shape index (κ2) is 9.38. The standard InChI is InChI=1S/C23H26FN5OS/c24-17-5-3-15(4-6-17)20-21(31-22(29-20)16-7-10-25-11-8-16)19-9-12-26-23(28-19)27-14-18-2-1-13-30-18/h3-6,9,12,16,18,25H,1-2,7-8,10-11,13-14H2,(H,26,27,28). The average Bonchev–Trinajstić information content (AvgIpc) is 3.49. The lowest BCUT2D eigenvalue weighted by Gasteiger charge is -2.20. The average molecular weight is 440 g/mol. The fourth-order valence-electron chi connectivity index (χ4n) is 4.14. The third-order valence-electron chi connectivity index (χ3n) is 5.85. The van der Waals surface area contributed by atoms with E-state index in [9.17, 15) is 4.39 Å². The van der Waals surface area contributed by atoms with Crippen LogP contribution >= 0.6 is 11.3 Å². The first-order valence-corrected chi connectivity index (χ1v) is 11.7. The quantitative estimate of drug-likeness (QED) is 0.591. The fraction of sp³-hybridized carbons (Fsp3) is 0.435. The van der Waals surface area contributed by atoms with E-state index in [2.05, 4.69) is 15.6 Å². The molecule has 0 spiro atoms. The molecule has 2 N–H and O–H groups in total. The van der Waals surface area contributed by atoms with Crippen molar-refractivity contribution < 1.29 is 9.13 Å². The normalized spacial score (nSPS) is 19.6.